The number of rotatable bonds is 10. The van der Waals surface area contributed by atoms with Gasteiger partial charge in [-0.15, -0.1) is 0 Å². The van der Waals surface area contributed by atoms with Crippen molar-refractivity contribution in [2.75, 3.05) is 13.2 Å². The van der Waals surface area contributed by atoms with Crippen LogP contribution in [0.5, 0.6) is 5.75 Å². The Labute approximate surface area is 235 Å². The zero-order valence-electron chi connectivity index (χ0n) is 20.9. The molecule has 0 N–H and O–H groups in total. The van der Waals surface area contributed by atoms with E-state index < -0.39 is 0 Å². The van der Waals surface area contributed by atoms with E-state index in [1.165, 1.54) is 0 Å². The maximum atomic E-state index is 13.3. The number of carbonyl (C=O) groups is 2. The van der Waals surface area contributed by atoms with Crippen molar-refractivity contribution >= 4 is 62.7 Å². The first kappa shape index (κ1) is 27.3. The van der Waals surface area contributed by atoms with Gasteiger partial charge in [0.1, 0.15) is 10.9 Å². The molecule has 0 radical (unpaired) electrons. The van der Waals surface area contributed by atoms with Gasteiger partial charge in [0.2, 0.25) is 5.91 Å². The molecular formula is C28H29ClIN3O4. The second kappa shape index (κ2) is 12.7. The minimum atomic E-state index is -0.372. The highest BCUT2D eigenvalue weighted by molar-refractivity contribution is 14.1. The van der Waals surface area contributed by atoms with Gasteiger partial charge in [0, 0.05) is 39.8 Å². The molecule has 3 aromatic rings. The number of unbranched alkanes of at least 4 members (excludes halogenated alkanes) is 1. The van der Waals surface area contributed by atoms with E-state index >= 15 is 0 Å². The lowest BCUT2D eigenvalue weighted by molar-refractivity contribution is -0.143. The number of esters is 1. The lowest BCUT2D eigenvalue weighted by Crippen LogP contribution is -2.27. The van der Waals surface area contributed by atoms with Crippen LogP contribution in [0.2, 0.25) is 5.15 Å². The zero-order chi connectivity index (χ0) is 26.4. The number of ether oxygens (including phenoxy) is 2. The Hall–Kier alpha value is -2.72. The maximum Gasteiger partial charge on any atom is 0.305 e. The Balaban J connectivity index is 1.59. The van der Waals surface area contributed by atoms with Crippen LogP contribution < -0.4 is 4.74 Å². The number of halogens is 2. The SMILES string of the molecule is CCOC(=O)CCCCC(=O)N1N=C(c2ccc(I)cc2)CC1c1cc2ccc(OCC)cc2nc1Cl. The predicted molar refractivity (Wildman–Crippen MR) is 153 cm³/mol. The third-order valence-electron chi connectivity index (χ3n) is 6.11. The quantitative estimate of drug-likeness (QED) is 0.108. The van der Waals surface area contributed by atoms with E-state index in [-0.39, 0.29) is 24.3 Å². The minimum absolute atomic E-state index is 0.114. The molecule has 4 rings (SSSR count). The van der Waals surface area contributed by atoms with E-state index in [1.54, 1.807) is 11.9 Å². The third kappa shape index (κ3) is 6.78. The van der Waals surface area contributed by atoms with Gasteiger partial charge in [-0.3, -0.25) is 9.59 Å². The molecule has 0 saturated carbocycles. The summed E-state index contributed by atoms with van der Waals surface area (Å²) in [6.45, 7) is 4.63. The van der Waals surface area contributed by atoms with Crippen LogP contribution in [-0.4, -0.2) is 40.8 Å². The van der Waals surface area contributed by atoms with Crippen molar-refractivity contribution in [1.29, 1.82) is 0 Å². The Morgan fingerprint density at radius 2 is 1.81 bits per heavy atom. The summed E-state index contributed by atoms with van der Waals surface area (Å²) in [7, 11) is 0. The molecule has 0 saturated heterocycles. The average molecular weight is 634 g/mol. The van der Waals surface area contributed by atoms with E-state index in [9.17, 15) is 9.59 Å². The van der Waals surface area contributed by atoms with Gasteiger partial charge in [-0.2, -0.15) is 5.10 Å². The first-order valence-corrected chi connectivity index (χ1v) is 13.9. The van der Waals surface area contributed by atoms with E-state index in [0.29, 0.717) is 44.1 Å². The van der Waals surface area contributed by atoms with Crippen LogP contribution in [0.4, 0.5) is 0 Å². The van der Waals surface area contributed by atoms with Crippen molar-refractivity contribution < 1.29 is 19.1 Å². The number of carbonyl (C=O) groups excluding carboxylic acids is 2. The molecule has 2 aromatic carbocycles. The number of hydrogen-bond acceptors (Lipinski definition) is 6. The van der Waals surface area contributed by atoms with Gasteiger partial charge in [0.25, 0.3) is 0 Å². The number of hydrogen-bond donors (Lipinski definition) is 0. The van der Waals surface area contributed by atoms with Crippen molar-refractivity contribution in [3.8, 4) is 5.75 Å². The fraction of sp³-hybridized carbons (Fsp3) is 0.357. The molecule has 1 aliphatic rings. The third-order valence-corrected chi connectivity index (χ3v) is 7.13. The molecule has 7 nitrogen and oxygen atoms in total. The molecule has 0 spiro atoms. The number of amides is 1. The van der Waals surface area contributed by atoms with E-state index in [0.717, 1.165) is 37.1 Å². The maximum absolute atomic E-state index is 13.3. The second-order valence-electron chi connectivity index (χ2n) is 8.68. The lowest BCUT2D eigenvalue weighted by Gasteiger charge is -2.23. The van der Waals surface area contributed by atoms with Crippen molar-refractivity contribution in [3.63, 3.8) is 0 Å². The summed E-state index contributed by atoms with van der Waals surface area (Å²) >= 11 is 8.96. The van der Waals surface area contributed by atoms with Crippen LogP contribution >= 0.6 is 34.2 Å². The van der Waals surface area contributed by atoms with E-state index in [1.807, 2.05) is 55.5 Å². The minimum Gasteiger partial charge on any atom is -0.494 e. The summed E-state index contributed by atoms with van der Waals surface area (Å²) in [5.74, 6) is 0.378. The van der Waals surface area contributed by atoms with Crippen molar-refractivity contribution in [3.05, 3.63) is 68.4 Å². The Morgan fingerprint density at radius 3 is 2.54 bits per heavy atom. The van der Waals surface area contributed by atoms with E-state index in [2.05, 4.69) is 27.6 Å². The molecule has 0 bridgehead atoms. The fourth-order valence-electron chi connectivity index (χ4n) is 4.32. The highest BCUT2D eigenvalue weighted by atomic mass is 127. The van der Waals surface area contributed by atoms with Crippen LogP contribution in [0.3, 0.4) is 0 Å². The van der Waals surface area contributed by atoms with Crippen LogP contribution in [0, 0.1) is 3.57 Å². The number of nitrogens with zero attached hydrogens (tertiary/aromatic N) is 3. The normalized spacial score (nSPS) is 15.1. The van der Waals surface area contributed by atoms with Crippen LogP contribution in [0.15, 0.2) is 53.6 Å². The topological polar surface area (TPSA) is 81.1 Å². The summed E-state index contributed by atoms with van der Waals surface area (Å²) < 4.78 is 11.7. The first-order valence-electron chi connectivity index (χ1n) is 12.4. The molecule has 194 valence electrons. The van der Waals surface area contributed by atoms with Crippen LogP contribution in [0.1, 0.15) is 63.1 Å². The summed E-state index contributed by atoms with van der Waals surface area (Å²) in [5.41, 5.74) is 3.27. The second-order valence-corrected chi connectivity index (χ2v) is 10.3. The van der Waals surface area contributed by atoms with Gasteiger partial charge < -0.3 is 9.47 Å². The van der Waals surface area contributed by atoms with Gasteiger partial charge in [0.15, 0.2) is 0 Å². The number of aromatic nitrogens is 1. The van der Waals surface area contributed by atoms with Gasteiger partial charge in [-0.25, -0.2) is 9.99 Å². The summed E-state index contributed by atoms with van der Waals surface area (Å²) in [6, 6.07) is 15.4. The summed E-state index contributed by atoms with van der Waals surface area (Å²) in [4.78, 5) is 29.6. The average Bonchev–Trinajstić information content (AvgIpc) is 3.32. The standard InChI is InChI=1S/C28H29ClIN3O4/c1-3-36-21-14-11-19-15-22(28(29)31-23(19)16-21)25-17-24(18-9-12-20(30)13-10-18)32-33(25)26(34)7-5-6-8-27(35)37-4-2/h9-16,25H,3-8,17H2,1-2H3. The first-order chi connectivity index (χ1) is 17.9. The predicted octanol–water partition coefficient (Wildman–Crippen LogP) is 6.69. The van der Waals surface area contributed by atoms with Gasteiger partial charge in [-0.1, -0.05) is 23.7 Å². The number of hydrazone groups is 1. The Bertz CT molecular complexity index is 1310. The van der Waals surface area contributed by atoms with Crippen LogP contribution in [0.25, 0.3) is 10.9 Å². The Kier molecular flexibility index (Phi) is 9.37. The van der Waals surface area contributed by atoms with E-state index in [4.69, 9.17) is 26.2 Å². The number of pyridine rings is 1. The van der Waals surface area contributed by atoms with Crippen molar-refractivity contribution in [2.45, 2.75) is 52.0 Å². The van der Waals surface area contributed by atoms with Gasteiger partial charge in [-0.05, 0) is 85.2 Å². The fourth-order valence-corrected chi connectivity index (χ4v) is 4.95. The molecule has 0 fully saturated rings. The van der Waals surface area contributed by atoms with Crippen LogP contribution in [-0.2, 0) is 14.3 Å². The zero-order valence-corrected chi connectivity index (χ0v) is 23.8. The molecule has 37 heavy (non-hydrogen) atoms. The molecule has 1 atom stereocenters. The molecule has 1 amide bonds. The molecule has 0 aliphatic carbocycles. The smallest absolute Gasteiger partial charge is 0.305 e. The van der Waals surface area contributed by atoms with Crippen molar-refractivity contribution in [2.24, 2.45) is 5.10 Å². The highest BCUT2D eigenvalue weighted by Crippen LogP contribution is 2.38. The molecule has 9 heteroatoms. The van der Waals surface area contributed by atoms with Gasteiger partial charge in [0.05, 0.1) is 30.5 Å². The number of benzene rings is 2. The molecule has 2 heterocycles. The van der Waals surface area contributed by atoms with Gasteiger partial charge >= 0.3 is 5.97 Å². The molecule has 1 unspecified atom stereocenters. The highest BCUT2D eigenvalue weighted by Gasteiger charge is 2.34. The molecule has 1 aromatic heterocycles. The summed E-state index contributed by atoms with van der Waals surface area (Å²) in [6.07, 6.45) is 2.25. The van der Waals surface area contributed by atoms with Crippen molar-refractivity contribution in [1.82, 2.24) is 9.99 Å². The lowest BCUT2D eigenvalue weighted by atomic mass is 9.98. The Morgan fingerprint density at radius 1 is 1.05 bits per heavy atom. The molecular weight excluding hydrogens is 605 g/mol. The summed E-state index contributed by atoms with van der Waals surface area (Å²) in [5, 5.41) is 7.54. The largest absolute Gasteiger partial charge is 0.494 e. The number of fused-ring (bicyclic) bond motifs is 1. The monoisotopic (exact) mass is 633 g/mol. The molecule has 1 aliphatic heterocycles.